The summed E-state index contributed by atoms with van der Waals surface area (Å²) in [7, 11) is 0. The van der Waals surface area contributed by atoms with Crippen molar-refractivity contribution < 1.29 is 14.6 Å². The molecule has 0 bridgehead atoms. The molecule has 0 radical (unpaired) electrons. The fraction of sp³-hybridized carbons (Fsp3) is 0.909. The van der Waals surface area contributed by atoms with Crippen molar-refractivity contribution >= 4 is 5.97 Å². The van der Waals surface area contributed by atoms with Gasteiger partial charge in [-0.1, -0.05) is 27.7 Å². The number of hydrogen-bond acceptors (Lipinski definition) is 2. The second kappa shape index (κ2) is 6.02. The van der Waals surface area contributed by atoms with Crippen LogP contribution in [0.3, 0.4) is 0 Å². The van der Waals surface area contributed by atoms with Crippen molar-refractivity contribution in [3.63, 3.8) is 0 Å². The summed E-state index contributed by atoms with van der Waals surface area (Å²) in [5.74, 6) is -1.04. The van der Waals surface area contributed by atoms with Gasteiger partial charge in [0, 0.05) is 13.2 Å². The molecule has 14 heavy (non-hydrogen) atoms. The Balaban J connectivity index is 3.94. The van der Waals surface area contributed by atoms with Crippen LogP contribution in [-0.2, 0) is 9.53 Å². The third-order valence-electron chi connectivity index (χ3n) is 2.24. The third-order valence-corrected chi connectivity index (χ3v) is 2.24. The molecule has 0 aromatic carbocycles. The average Bonchev–Trinajstić information content (AvgIpc) is 2.01. The topological polar surface area (TPSA) is 46.5 Å². The highest BCUT2D eigenvalue weighted by Gasteiger charge is 2.30. The Bertz CT molecular complexity index is 170. The molecule has 3 nitrogen and oxygen atoms in total. The summed E-state index contributed by atoms with van der Waals surface area (Å²) in [6, 6.07) is 0. The molecule has 1 unspecified atom stereocenters. The van der Waals surface area contributed by atoms with Crippen LogP contribution in [0.5, 0.6) is 0 Å². The minimum absolute atomic E-state index is 0.193. The summed E-state index contributed by atoms with van der Waals surface area (Å²) in [6.07, 6.45) is 1.58. The molecule has 0 aliphatic carbocycles. The zero-order valence-corrected chi connectivity index (χ0v) is 9.67. The molecule has 0 saturated heterocycles. The van der Waals surface area contributed by atoms with Crippen LogP contribution in [-0.4, -0.2) is 24.3 Å². The van der Waals surface area contributed by atoms with E-state index in [0.29, 0.717) is 13.0 Å². The van der Waals surface area contributed by atoms with Crippen LogP contribution >= 0.6 is 0 Å². The van der Waals surface area contributed by atoms with Gasteiger partial charge >= 0.3 is 5.97 Å². The third kappa shape index (κ3) is 5.22. The lowest BCUT2D eigenvalue weighted by Crippen LogP contribution is -2.29. The zero-order chi connectivity index (χ0) is 11.2. The zero-order valence-electron chi connectivity index (χ0n) is 9.67. The SMILES string of the molecule is CCCOCCC(C(=O)O)C(C)(C)C. The van der Waals surface area contributed by atoms with Gasteiger partial charge in [-0.25, -0.2) is 0 Å². The van der Waals surface area contributed by atoms with Crippen LogP contribution in [0.1, 0.15) is 40.5 Å². The molecule has 0 aromatic rings. The summed E-state index contributed by atoms with van der Waals surface area (Å²) in [4.78, 5) is 11.0. The largest absolute Gasteiger partial charge is 0.481 e. The number of hydrogen-bond donors (Lipinski definition) is 1. The van der Waals surface area contributed by atoms with Gasteiger partial charge in [0.05, 0.1) is 5.92 Å². The second-order valence-corrected chi connectivity index (χ2v) is 4.66. The van der Waals surface area contributed by atoms with Crippen molar-refractivity contribution in [2.75, 3.05) is 13.2 Å². The van der Waals surface area contributed by atoms with Crippen LogP contribution < -0.4 is 0 Å². The summed E-state index contributed by atoms with van der Waals surface area (Å²) in [5, 5.41) is 9.01. The Morgan fingerprint density at radius 1 is 1.36 bits per heavy atom. The maximum Gasteiger partial charge on any atom is 0.307 e. The van der Waals surface area contributed by atoms with Crippen LogP contribution in [0.4, 0.5) is 0 Å². The van der Waals surface area contributed by atoms with E-state index in [1.54, 1.807) is 0 Å². The Morgan fingerprint density at radius 2 is 1.93 bits per heavy atom. The van der Waals surface area contributed by atoms with Crippen molar-refractivity contribution in [3.8, 4) is 0 Å². The van der Waals surface area contributed by atoms with Crippen molar-refractivity contribution in [2.24, 2.45) is 11.3 Å². The predicted octanol–water partition coefficient (Wildman–Crippen LogP) is 2.55. The van der Waals surface area contributed by atoms with Crippen molar-refractivity contribution in [1.82, 2.24) is 0 Å². The van der Waals surface area contributed by atoms with E-state index < -0.39 is 5.97 Å². The fourth-order valence-electron chi connectivity index (χ4n) is 1.37. The number of aliphatic carboxylic acids is 1. The first-order valence-electron chi connectivity index (χ1n) is 5.20. The Labute approximate surface area is 86.5 Å². The molecule has 0 fully saturated rings. The molecule has 84 valence electrons. The summed E-state index contributed by atoms with van der Waals surface area (Å²) in [6.45, 7) is 9.15. The number of carboxylic acid groups (broad SMARTS) is 1. The van der Waals surface area contributed by atoms with Crippen LogP contribution in [0.15, 0.2) is 0 Å². The second-order valence-electron chi connectivity index (χ2n) is 4.66. The number of carbonyl (C=O) groups is 1. The summed E-state index contributed by atoms with van der Waals surface area (Å²) >= 11 is 0. The minimum Gasteiger partial charge on any atom is -0.481 e. The van der Waals surface area contributed by atoms with Gasteiger partial charge in [-0.05, 0) is 18.3 Å². The molecular formula is C11H22O3. The highest BCUT2D eigenvalue weighted by atomic mass is 16.5. The van der Waals surface area contributed by atoms with Crippen LogP contribution in [0.25, 0.3) is 0 Å². The van der Waals surface area contributed by atoms with E-state index in [9.17, 15) is 4.79 Å². The summed E-state index contributed by atoms with van der Waals surface area (Å²) < 4.78 is 5.30. The van der Waals surface area contributed by atoms with E-state index in [4.69, 9.17) is 9.84 Å². The van der Waals surface area contributed by atoms with Crippen molar-refractivity contribution in [1.29, 1.82) is 0 Å². The first kappa shape index (κ1) is 13.4. The first-order valence-corrected chi connectivity index (χ1v) is 5.20. The Hall–Kier alpha value is -0.570. The standard InChI is InChI=1S/C11H22O3/c1-5-7-14-8-6-9(10(12)13)11(2,3)4/h9H,5-8H2,1-4H3,(H,12,13). The fourth-order valence-corrected chi connectivity index (χ4v) is 1.37. The predicted molar refractivity (Wildman–Crippen MR) is 56.3 cm³/mol. The molecule has 0 saturated carbocycles. The molecule has 3 heteroatoms. The van der Waals surface area contributed by atoms with Crippen molar-refractivity contribution in [2.45, 2.75) is 40.5 Å². The van der Waals surface area contributed by atoms with Crippen LogP contribution in [0, 0.1) is 11.3 Å². The minimum atomic E-state index is -0.724. The summed E-state index contributed by atoms with van der Waals surface area (Å²) in [5.41, 5.74) is -0.193. The quantitative estimate of drug-likeness (QED) is 0.673. The van der Waals surface area contributed by atoms with Gasteiger partial charge in [-0.2, -0.15) is 0 Å². The maximum atomic E-state index is 11.0. The number of carboxylic acids is 1. The lowest BCUT2D eigenvalue weighted by molar-refractivity contribution is -0.146. The monoisotopic (exact) mass is 202 g/mol. The average molecular weight is 202 g/mol. The molecule has 1 atom stereocenters. The van der Waals surface area contributed by atoms with Gasteiger partial charge in [0.15, 0.2) is 0 Å². The molecule has 0 aliphatic rings. The number of rotatable bonds is 6. The number of ether oxygens (including phenoxy) is 1. The highest BCUT2D eigenvalue weighted by molar-refractivity contribution is 5.70. The van der Waals surface area contributed by atoms with E-state index >= 15 is 0 Å². The molecule has 0 spiro atoms. The van der Waals surface area contributed by atoms with Gasteiger partial charge in [-0.15, -0.1) is 0 Å². The smallest absolute Gasteiger partial charge is 0.307 e. The van der Waals surface area contributed by atoms with Gasteiger partial charge in [0.25, 0.3) is 0 Å². The highest BCUT2D eigenvalue weighted by Crippen LogP contribution is 2.28. The molecule has 0 aromatic heterocycles. The van der Waals surface area contributed by atoms with Gasteiger partial charge < -0.3 is 9.84 Å². The van der Waals surface area contributed by atoms with Gasteiger partial charge in [-0.3, -0.25) is 4.79 Å². The van der Waals surface area contributed by atoms with E-state index in [2.05, 4.69) is 0 Å². The van der Waals surface area contributed by atoms with Crippen LogP contribution in [0.2, 0.25) is 0 Å². The van der Waals surface area contributed by atoms with E-state index in [1.165, 1.54) is 0 Å². The lowest BCUT2D eigenvalue weighted by atomic mass is 9.79. The van der Waals surface area contributed by atoms with Gasteiger partial charge in [0.2, 0.25) is 0 Å². The molecule has 0 heterocycles. The molecule has 0 rings (SSSR count). The Kier molecular flexibility index (Phi) is 5.77. The van der Waals surface area contributed by atoms with Crippen molar-refractivity contribution in [3.05, 3.63) is 0 Å². The van der Waals surface area contributed by atoms with E-state index in [-0.39, 0.29) is 11.3 Å². The Morgan fingerprint density at radius 3 is 2.29 bits per heavy atom. The molecule has 0 aliphatic heterocycles. The maximum absolute atomic E-state index is 11.0. The van der Waals surface area contributed by atoms with E-state index in [0.717, 1.165) is 13.0 Å². The normalized spacial score (nSPS) is 14.0. The van der Waals surface area contributed by atoms with E-state index in [1.807, 2.05) is 27.7 Å². The lowest BCUT2D eigenvalue weighted by Gasteiger charge is -2.26. The molecule has 1 N–H and O–H groups in total. The molecular weight excluding hydrogens is 180 g/mol. The van der Waals surface area contributed by atoms with Gasteiger partial charge in [0.1, 0.15) is 0 Å². The molecule has 0 amide bonds. The first-order chi connectivity index (χ1) is 6.39.